The van der Waals surface area contributed by atoms with Gasteiger partial charge in [-0.25, -0.2) is 0 Å². The molecule has 1 heterocycles. The highest BCUT2D eigenvalue weighted by atomic mass is 16.4. The van der Waals surface area contributed by atoms with E-state index in [0.29, 0.717) is 0 Å². The van der Waals surface area contributed by atoms with Gasteiger partial charge in [-0.2, -0.15) is 4.98 Å². The Labute approximate surface area is 82.6 Å². The first-order valence-electron chi connectivity index (χ1n) is 4.62. The van der Waals surface area contributed by atoms with Crippen molar-refractivity contribution < 1.29 is 4.42 Å². The van der Waals surface area contributed by atoms with E-state index >= 15 is 0 Å². The van der Waals surface area contributed by atoms with E-state index in [-0.39, 0.29) is 6.01 Å². The number of nitrogens with zero attached hydrogens (tertiary/aromatic N) is 1. The molecule has 1 aromatic carbocycles. The fourth-order valence-electron chi connectivity index (χ4n) is 1.42. The maximum Gasteiger partial charge on any atom is 0.292 e. The normalized spacial score (nSPS) is 10.4. The van der Waals surface area contributed by atoms with Crippen LogP contribution >= 0.6 is 0 Å². The minimum atomic E-state index is 0.237. The number of anilines is 1. The summed E-state index contributed by atoms with van der Waals surface area (Å²) in [6.07, 6.45) is 0.824. The van der Waals surface area contributed by atoms with Crippen molar-refractivity contribution in [2.45, 2.75) is 13.3 Å². The van der Waals surface area contributed by atoms with Crippen molar-refractivity contribution in [2.24, 2.45) is 0 Å². The number of benzene rings is 1. The van der Waals surface area contributed by atoms with Crippen LogP contribution in [0.25, 0.3) is 11.3 Å². The Hall–Kier alpha value is -1.77. The fraction of sp³-hybridized carbons (Fsp3) is 0.182. The molecule has 2 N–H and O–H groups in total. The summed E-state index contributed by atoms with van der Waals surface area (Å²) in [7, 11) is 0. The molecule has 0 aliphatic rings. The molecule has 0 amide bonds. The average molecular weight is 188 g/mol. The van der Waals surface area contributed by atoms with E-state index < -0.39 is 0 Å². The Morgan fingerprint density at radius 2 is 2.00 bits per heavy atom. The van der Waals surface area contributed by atoms with Crippen LogP contribution in [0.5, 0.6) is 0 Å². The quantitative estimate of drug-likeness (QED) is 0.787. The molecule has 1 aromatic heterocycles. The molecule has 3 nitrogen and oxygen atoms in total. The van der Waals surface area contributed by atoms with E-state index in [2.05, 4.69) is 4.98 Å². The molecular weight excluding hydrogens is 176 g/mol. The van der Waals surface area contributed by atoms with Gasteiger partial charge in [0.25, 0.3) is 6.01 Å². The molecule has 0 aliphatic carbocycles. The SMILES string of the molecule is CCc1nc(N)oc1-c1ccccc1. The summed E-state index contributed by atoms with van der Waals surface area (Å²) < 4.78 is 5.36. The van der Waals surface area contributed by atoms with Gasteiger partial charge in [-0.15, -0.1) is 0 Å². The lowest BCUT2D eigenvalue weighted by Gasteiger charge is -1.97. The van der Waals surface area contributed by atoms with Crippen LogP contribution in [0, 0.1) is 0 Å². The summed E-state index contributed by atoms with van der Waals surface area (Å²) in [4.78, 5) is 4.12. The number of nitrogens with two attached hydrogens (primary N) is 1. The second-order valence-electron chi connectivity index (χ2n) is 3.05. The van der Waals surface area contributed by atoms with E-state index in [4.69, 9.17) is 10.2 Å². The van der Waals surface area contributed by atoms with Gasteiger partial charge in [-0.3, -0.25) is 0 Å². The number of oxazole rings is 1. The fourth-order valence-corrected chi connectivity index (χ4v) is 1.42. The lowest BCUT2D eigenvalue weighted by molar-refractivity contribution is 0.593. The number of rotatable bonds is 2. The van der Waals surface area contributed by atoms with Crippen molar-refractivity contribution >= 4 is 6.01 Å². The second-order valence-corrected chi connectivity index (χ2v) is 3.05. The van der Waals surface area contributed by atoms with Gasteiger partial charge in [0, 0.05) is 5.56 Å². The molecule has 0 atom stereocenters. The van der Waals surface area contributed by atoms with Crippen molar-refractivity contribution in [1.82, 2.24) is 4.98 Å². The lowest BCUT2D eigenvalue weighted by Crippen LogP contribution is -1.85. The molecule has 0 bridgehead atoms. The maximum atomic E-state index is 5.51. The standard InChI is InChI=1S/C11H12N2O/c1-2-9-10(14-11(12)13-9)8-6-4-3-5-7-8/h3-7H,2H2,1H3,(H2,12,13). The number of hydrogen-bond acceptors (Lipinski definition) is 3. The molecule has 2 rings (SSSR count). The molecule has 72 valence electrons. The molecule has 0 saturated carbocycles. The summed E-state index contributed by atoms with van der Waals surface area (Å²) in [6, 6.07) is 10.1. The average Bonchev–Trinajstić information content (AvgIpc) is 2.61. The third-order valence-electron chi connectivity index (χ3n) is 2.08. The van der Waals surface area contributed by atoms with Crippen molar-refractivity contribution in [3.63, 3.8) is 0 Å². The van der Waals surface area contributed by atoms with Crippen LogP contribution in [0.2, 0.25) is 0 Å². The molecule has 3 heteroatoms. The van der Waals surface area contributed by atoms with Gasteiger partial charge in [-0.1, -0.05) is 37.3 Å². The first kappa shape index (κ1) is 8.81. The second kappa shape index (κ2) is 3.54. The third kappa shape index (κ3) is 1.48. The largest absolute Gasteiger partial charge is 0.423 e. The zero-order valence-corrected chi connectivity index (χ0v) is 8.03. The molecular formula is C11H12N2O. The van der Waals surface area contributed by atoms with Gasteiger partial charge >= 0.3 is 0 Å². The van der Waals surface area contributed by atoms with Crippen LogP contribution in [0.1, 0.15) is 12.6 Å². The van der Waals surface area contributed by atoms with Crippen LogP contribution in [-0.4, -0.2) is 4.98 Å². The Kier molecular flexibility index (Phi) is 2.23. The number of aromatic nitrogens is 1. The van der Waals surface area contributed by atoms with Crippen LogP contribution in [0.3, 0.4) is 0 Å². The molecule has 0 spiro atoms. The van der Waals surface area contributed by atoms with E-state index in [9.17, 15) is 0 Å². The zero-order chi connectivity index (χ0) is 9.97. The molecule has 0 fully saturated rings. The van der Waals surface area contributed by atoms with E-state index in [1.54, 1.807) is 0 Å². The van der Waals surface area contributed by atoms with Crippen molar-refractivity contribution in [3.8, 4) is 11.3 Å². The van der Waals surface area contributed by atoms with Gasteiger partial charge in [0.15, 0.2) is 5.76 Å². The van der Waals surface area contributed by atoms with Crippen LogP contribution < -0.4 is 5.73 Å². The van der Waals surface area contributed by atoms with E-state index in [1.165, 1.54) is 0 Å². The van der Waals surface area contributed by atoms with Crippen molar-refractivity contribution in [1.29, 1.82) is 0 Å². The molecule has 14 heavy (non-hydrogen) atoms. The third-order valence-corrected chi connectivity index (χ3v) is 2.08. The first-order valence-corrected chi connectivity index (χ1v) is 4.62. The lowest BCUT2D eigenvalue weighted by atomic mass is 10.1. The maximum absolute atomic E-state index is 5.51. The van der Waals surface area contributed by atoms with Crippen LogP contribution in [-0.2, 0) is 6.42 Å². The van der Waals surface area contributed by atoms with Crippen molar-refractivity contribution in [2.75, 3.05) is 5.73 Å². The summed E-state index contributed by atoms with van der Waals surface area (Å²) in [5.74, 6) is 0.783. The highest BCUT2D eigenvalue weighted by molar-refractivity contribution is 5.60. The van der Waals surface area contributed by atoms with Gasteiger partial charge < -0.3 is 10.2 Å². The van der Waals surface area contributed by atoms with E-state index in [0.717, 1.165) is 23.4 Å². The van der Waals surface area contributed by atoms with Gasteiger partial charge in [0.1, 0.15) is 0 Å². The van der Waals surface area contributed by atoms with Gasteiger partial charge in [-0.05, 0) is 6.42 Å². The van der Waals surface area contributed by atoms with Crippen LogP contribution in [0.15, 0.2) is 34.7 Å². The predicted molar refractivity (Wildman–Crippen MR) is 55.7 cm³/mol. The zero-order valence-electron chi connectivity index (χ0n) is 8.03. The van der Waals surface area contributed by atoms with Crippen molar-refractivity contribution in [3.05, 3.63) is 36.0 Å². The minimum Gasteiger partial charge on any atom is -0.423 e. The topological polar surface area (TPSA) is 52.0 Å². The minimum absolute atomic E-state index is 0.237. The van der Waals surface area contributed by atoms with Gasteiger partial charge in [0.2, 0.25) is 0 Å². The highest BCUT2D eigenvalue weighted by Crippen LogP contribution is 2.25. The van der Waals surface area contributed by atoms with Crippen LogP contribution in [0.4, 0.5) is 6.01 Å². The molecule has 0 saturated heterocycles. The number of nitrogen functional groups attached to an aromatic ring is 1. The summed E-state index contributed by atoms with van der Waals surface area (Å²) in [5.41, 5.74) is 7.45. The smallest absolute Gasteiger partial charge is 0.292 e. The molecule has 2 aromatic rings. The molecule has 0 radical (unpaired) electrons. The molecule has 0 unspecified atom stereocenters. The molecule has 0 aliphatic heterocycles. The Morgan fingerprint density at radius 3 is 2.64 bits per heavy atom. The number of aryl methyl sites for hydroxylation is 1. The Morgan fingerprint density at radius 1 is 1.29 bits per heavy atom. The first-order chi connectivity index (χ1) is 6.81. The number of hydrogen-bond donors (Lipinski definition) is 1. The Bertz CT molecular complexity index is 420. The predicted octanol–water partition coefficient (Wildman–Crippen LogP) is 2.49. The highest BCUT2D eigenvalue weighted by Gasteiger charge is 2.10. The summed E-state index contributed by atoms with van der Waals surface area (Å²) in [6.45, 7) is 2.03. The van der Waals surface area contributed by atoms with Gasteiger partial charge in [0.05, 0.1) is 5.69 Å². The Balaban J connectivity index is 2.51. The monoisotopic (exact) mass is 188 g/mol. The summed E-state index contributed by atoms with van der Waals surface area (Å²) >= 11 is 0. The van der Waals surface area contributed by atoms with E-state index in [1.807, 2.05) is 37.3 Å². The summed E-state index contributed by atoms with van der Waals surface area (Å²) in [5, 5.41) is 0.